The number of aromatic amines is 1. The lowest BCUT2D eigenvalue weighted by Crippen LogP contribution is -2.25. The number of anilines is 1. The van der Waals surface area contributed by atoms with E-state index in [-0.39, 0.29) is 11.6 Å². The number of fused-ring (bicyclic) bond motifs is 1. The summed E-state index contributed by atoms with van der Waals surface area (Å²) < 4.78 is 26.6. The molecule has 0 amide bonds. The lowest BCUT2D eigenvalue weighted by molar-refractivity contribution is 0.0972. The van der Waals surface area contributed by atoms with Gasteiger partial charge in [-0.25, -0.2) is 23.7 Å². The van der Waals surface area contributed by atoms with Crippen molar-refractivity contribution >= 4 is 17.0 Å². The van der Waals surface area contributed by atoms with E-state index in [0.29, 0.717) is 33.6 Å². The highest BCUT2D eigenvalue weighted by atomic mass is 19.3. The van der Waals surface area contributed by atoms with Crippen LogP contribution in [-0.2, 0) is 12.1 Å². The third-order valence-electron chi connectivity index (χ3n) is 5.48. The van der Waals surface area contributed by atoms with E-state index >= 15 is 0 Å². The molecule has 0 aliphatic heterocycles. The molecular weight excluding hydrogens is 452 g/mol. The van der Waals surface area contributed by atoms with Gasteiger partial charge in [-0.3, -0.25) is 4.68 Å². The maximum absolute atomic E-state index is 12.7. The van der Waals surface area contributed by atoms with Gasteiger partial charge < -0.3 is 15.8 Å². The van der Waals surface area contributed by atoms with Gasteiger partial charge in [0, 0.05) is 40.7 Å². The van der Waals surface area contributed by atoms with Crippen LogP contribution in [0.3, 0.4) is 0 Å². The third kappa shape index (κ3) is 4.93. The molecule has 1 unspecified atom stereocenters. The molecule has 8 nitrogen and oxygen atoms in total. The summed E-state index contributed by atoms with van der Waals surface area (Å²) in [4.78, 5) is 16.1. The second-order valence-corrected chi connectivity index (χ2v) is 7.99. The van der Waals surface area contributed by atoms with Crippen LogP contribution in [0.4, 0.5) is 14.7 Å². The first kappa shape index (κ1) is 23.7. The van der Waals surface area contributed by atoms with E-state index < -0.39 is 18.6 Å². The normalized spacial score (nSPS) is 13.3. The molecule has 1 atom stereocenters. The zero-order chi connectivity index (χ0) is 25.2. The minimum absolute atomic E-state index is 0.0210. The molecule has 0 saturated heterocycles. The average Bonchev–Trinajstić information content (AvgIpc) is 3.45. The first-order valence-corrected chi connectivity index (χ1v) is 10.6. The van der Waals surface area contributed by atoms with E-state index in [0.717, 1.165) is 5.39 Å². The maximum Gasteiger partial charge on any atom is 0.257 e. The highest BCUT2D eigenvalue weighted by Crippen LogP contribution is 2.34. The zero-order valence-corrected chi connectivity index (χ0v) is 18.9. The van der Waals surface area contributed by atoms with Crippen molar-refractivity contribution in [1.82, 2.24) is 29.7 Å². The quantitative estimate of drug-likeness (QED) is 0.257. The summed E-state index contributed by atoms with van der Waals surface area (Å²) in [7, 11) is 0. The van der Waals surface area contributed by atoms with Gasteiger partial charge in [0.15, 0.2) is 0 Å². The van der Waals surface area contributed by atoms with Crippen LogP contribution in [0.15, 0.2) is 79.6 Å². The van der Waals surface area contributed by atoms with Crippen molar-refractivity contribution in [2.45, 2.75) is 25.5 Å². The first-order valence-electron chi connectivity index (χ1n) is 10.6. The number of nitrogen functional groups attached to an aromatic ring is 1. The number of H-pyrrole nitrogens is 1. The average molecular weight is 476 g/mol. The van der Waals surface area contributed by atoms with Gasteiger partial charge >= 0.3 is 0 Å². The Bertz CT molecular complexity index is 1480. The largest absolute Gasteiger partial charge is 0.379 e. The fourth-order valence-electron chi connectivity index (χ4n) is 3.54. The molecule has 0 spiro atoms. The molecule has 0 radical (unpaired) electrons. The monoisotopic (exact) mass is 475 g/mol. The number of alkyl halides is 2. The number of nitrogens with one attached hydrogen (secondary N) is 1. The minimum atomic E-state index is -2.50. The van der Waals surface area contributed by atoms with Gasteiger partial charge in [-0.05, 0) is 30.7 Å². The number of pyridine rings is 1. The van der Waals surface area contributed by atoms with Gasteiger partial charge in [0.05, 0.1) is 17.6 Å². The van der Waals surface area contributed by atoms with E-state index in [2.05, 4.69) is 43.9 Å². The van der Waals surface area contributed by atoms with Gasteiger partial charge in [0.1, 0.15) is 17.8 Å². The van der Waals surface area contributed by atoms with E-state index in [1.807, 2.05) is 6.07 Å². The number of rotatable bonds is 8. The predicted molar refractivity (Wildman–Crippen MR) is 130 cm³/mol. The Morgan fingerprint density at radius 1 is 1.31 bits per heavy atom. The smallest absolute Gasteiger partial charge is 0.257 e. The Kier molecular flexibility index (Phi) is 6.42. The fraction of sp³-hybridized carbons (Fsp3) is 0.160. The van der Waals surface area contributed by atoms with Crippen LogP contribution in [0, 0.1) is 0 Å². The number of hydrogen-bond donors (Lipinski definition) is 3. The predicted octanol–water partition coefficient (Wildman–Crippen LogP) is 4.39. The number of hydrogen-bond acceptors (Lipinski definition) is 6. The summed E-state index contributed by atoms with van der Waals surface area (Å²) in [5, 5.41) is 15.9. The second kappa shape index (κ2) is 9.46. The van der Waals surface area contributed by atoms with Gasteiger partial charge in [0.25, 0.3) is 6.43 Å². The summed E-state index contributed by atoms with van der Waals surface area (Å²) in [6.07, 6.45) is 8.79. The van der Waals surface area contributed by atoms with Crippen LogP contribution < -0.4 is 5.73 Å². The highest BCUT2D eigenvalue weighted by molar-refractivity contribution is 5.95. The van der Waals surface area contributed by atoms with Gasteiger partial charge in [-0.2, -0.15) is 5.10 Å². The lowest BCUT2D eigenvalue weighted by atomic mass is 9.91. The van der Waals surface area contributed by atoms with Crippen molar-refractivity contribution in [3.05, 3.63) is 85.3 Å². The second-order valence-electron chi connectivity index (χ2n) is 7.99. The molecule has 0 aliphatic rings. The van der Waals surface area contributed by atoms with Crippen LogP contribution in [-0.4, -0.2) is 41.2 Å². The number of allylic oxidation sites excluding steroid dienone is 2. The summed E-state index contributed by atoms with van der Waals surface area (Å²) >= 11 is 0. The maximum atomic E-state index is 12.7. The number of nitrogens with two attached hydrogens (primary N) is 1. The standard InChI is InChI=1S/C25H23F2N7O/c1-4-5-6-7-15(2)25(3,35)21-9-20(32-24(28)33-21)19-12-30-23-18(19)8-16(10-29-23)17-11-31-34(13-17)14-22(26)27/h5-13,22,35H,1-2,14H2,3H3,(H,29,30)(H2,28,32,33). The molecule has 4 rings (SSSR count). The van der Waals surface area contributed by atoms with Crippen LogP contribution in [0.2, 0.25) is 0 Å². The van der Waals surface area contributed by atoms with Crippen LogP contribution in [0.5, 0.6) is 0 Å². The summed E-state index contributed by atoms with van der Waals surface area (Å²) in [6.45, 7) is 8.50. The molecule has 178 valence electrons. The topological polar surface area (TPSA) is 119 Å². The number of halogens is 2. The number of nitrogens with zero attached hydrogens (tertiary/aromatic N) is 5. The highest BCUT2D eigenvalue weighted by Gasteiger charge is 2.28. The lowest BCUT2D eigenvalue weighted by Gasteiger charge is -2.24. The van der Waals surface area contributed by atoms with Gasteiger partial charge in [-0.15, -0.1) is 5.73 Å². The summed E-state index contributed by atoms with van der Waals surface area (Å²) in [5.74, 6) is -0.0210. The summed E-state index contributed by atoms with van der Waals surface area (Å²) in [6, 6.07) is 3.49. The van der Waals surface area contributed by atoms with E-state index in [9.17, 15) is 13.9 Å². The van der Waals surface area contributed by atoms with E-state index in [4.69, 9.17) is 5.73 Å². The molecule has 4 heterocycles. The molecule has 0 fully saturated rings. The molecule has 4 aromatic heterocycles. The third-order valence-corrected chi connectivity index (χ3v) is 5.48. The number of aliphatic hydroxyl groups is 1. The molecule has 0 aliphatic carbocycles. The van der Waals surface area contributed by atoms with Crippen molar-refractivity contribution in [2.75, 3.05) is 5.73 Å². The molecule has 35 heavy (non-hydrogen) atoms. The molecule has 4 aromatic rings. The van der Waals surface area contributed by atoms with Gasteiger partial charge in [-0.1, -0.05) is 25.3 Å². The molecule has 0 saturated carbocycles. The Morgan fingerprint density at radius 3 is 2.86 bits per heavy atom. The molecule has 0 aromatic carbocycles. The van der Waals surface area contributed by atoms with E-state index in [1.54, 1.807) is 49.8 Å². The SMILES string of the molecule is C=C=CC=CC(=C)C(C)(O)c1cc(-c2c[nH]c3ncc(-c4cnn(CC(F)F)c4)cc23)nc(N)n1. The van der Waals surface area contributed by atoms with Crippen molar-refractivity contribution in [3.63, 3.8) is 0 Å². The van der Waals surface area contributed by atoms with Crippen molar-refractivity contribution in [2.24, 2.45) is 0 Å². The molecule has 4 N–H and O–H groups in total. The molecule has 10 heteroatoms. The van der Waals surface area contributed by atoms with E-state index in [1.165, 1.54) is 10.9 Å². The zero-order valence-electron chi connectivity index (χ0n) is 18.9. The van der Waals surface area contributed by atoms with Crippen molar-refractivity contribution in [3.8, 4) is 22.4 Å². The van der Waals surface area contributed by atoms with Gasteiger partial charge in [0.2, 0.25) is 5.95 Å². The Hall–Kier alpha value is -4.40. The van der Waals surface area contributed by atoms with Crippen LogP contribution in [0.1, 0.15) is 12.6 Å². The Balaban J connectivity index is 1.75. The Labute approximate surface area is 199 Å². The first-order chi connectivity index (χ1) is 16.7. The number of aromatic nitrogens is 6. The van der Waals surface area contributed by atoms with Crippen molar-refractivity contribution in [1.29, 1.82) is 0 Å². The minimum Gasteiger partial charge on any atom is -0.379 e. The Morgan fingerprint density at radius 2 is 2.11 bits per heavy atom. The van der Waals surface area contributed by atoms with Crippen molar-refractivity contribution < 1.29 is 13.9 Å². The fourth-order valence-corrected chi connectivity index (χ4v) is 3.54. The van der Waals surface area contributed by atoms with Crippen LogP contribution in [0.25, 0.3) is 33.4 Å². The summed E-state index contributed by atoms with van der Waals surface area (Å²) in [5.41, 5.74) is 10.8. The van der Waals surface area contributed by atoms with Crippen LogP contribution >= 0.6 is 0 Å². The molecular formula is C25H23F2N7O. The molecule has 0 bridgehead atoms.